The Labute approximate surface area is 197 Å². The molecule has 0 saturated carbocycles. The Kier molecular flexibility index (Phi) is 6.01. The van der Waals surface area contributed by atoms with Crippen LogP contribution in [0.1, 0.15) is 18.9 Å². The molecule has 1 fully saturated rings. The van der Waals surface area contributed by atoms with E-state index in [1.165, 1.54) is 11.8 Å². The highest BCUT2D eigenvalue weighted by atomic mass is 16.6. The zero-order chi connectivity index (χ0) is 23.5. The van der Waals surface area contributed by atoms with Gasteiger partial charge in [0.1, 0.15) is 12.8 Å². The summed E-state index contributed by atoms with van der Waals surface area (Å²) in [6, 6.07) is 10.8. The van der Waals surface area contributed by atoms with Gasteiger partial charge in [0.25, 0.3) is 0 Å². The summed E-state index contributed by atoms with van der Waals surface area (Å²) in [4.78, 5) is 27.9. The molecule has 0 spiro atoms. The van der Waals surface area contributed by atoms with Crippen LogP contribution >= 0.6 is 0 Å². The van der Waals surface area contributed by atoms with E-state index in [4.69, 9.17) is 9.47 Å². The van der Waals surface area contributed by atoms with E-state index in [-0.39, 0.29) is 18.4 Å². The fourth-order valence-electron chi connectivity index (χ4n) is 4.31. The number of nitro groups is 1. The topological polar surface area (TPSA) is 112 Å². The van der Waals surface area contributed by atoms with Crippen molar-refractivity contribution in [1.29, 1.82) is 0 Å². The first-order valence-corrected chi connectivity index (χ1v) is 11.3. The highest BCUT2D eigenvalue weighted by Crippen LogP contribution is 2.31. The van der Waals surface area contributed by atoms with Crippen LogP contribution in [0.2, 0.25) is 0 Å². The molecule has 3 aromatic rings. The van der Waals surface area contributed by atoms with Crippen LogP contribution < -0.4 is 14.4 Å². The number of hydrogen-bond donors (Lipinski definition) is 0. The van der Waals surface area contributed by atoms with E-state index >= 15 is 0 Å². The van der Waals surface area contributed by atoms with E-state index in [1.54, 1.807) is 17.0 Å². The van der Waals surface area contributed by atoms with Crippen molar-refractivity contribution in [2.24, 2.45) is 0 Å². The van der Waals surface area contributed by atoms with E-state index in [9.17, 15) is 10.1 Å². The summed E-state index contributed by atoms with van der Waals surface area (Å²) in [6.45, 7) is 7.27. The molecule has 1 aromatic carbocycles. The van der Waals surface area contributed by atoms with E-state index in [2.05, 4.69) is 49.0 Å². The molecule has 2 aliphatic heterocycles. The molecule has 0 N–H and O–H groups in total. The maximum absolute atomic E-state index is 10.9. The number of hydrogen-bond acceptors (Lipinski definition) is 9. The third kappa shape index (κ3) is 4.93. The van der Waals surface area contributed by atoms with Gasteiger partial charge >= 0.3 is 11.8 Å². The van der Waals surface area contributed by atoms with Gasteiger partial charge in [-0.3, -0.25) is 9.47 Å². The smallest absolute Gasteiger partial charge is 0.415 e. The predicted molar refractivity (Wildman–Crippen MR) is 124 cm³/mol. The van der Waals surface area contributed by atoms with Crippen LogP contribution in [0, 0.1) is 10.1 Å². The average Bonchev–Trinajstić information content (AvgIpc) is 3.26. The SMILES string of the molecule is C[C@]1(COc2cnc(N3CCCN(Cc4ccccc4)CC3)nc2)Cn2cc([N+](=O)[O-])nc2O1. The summed E-state index contributed by atoms with van der Waals surface area (Å²) >= 11 is 0. The number of benzene rings is 1. The minimum Gasteiger partial charge on any atom is -0.486 e. The highest BCUT2D eigenvalue weighted by Gasteiger charge is 2.41. The molecule has 1 saturated heterocycles. The van der Waals surface area contributed by atoms with Crippen LogP contribution in [-0.4, -0.2) is 67.7 Å². The first-order chi connectivity index (χ1) is 16.5. The van der Waals surface area contributed by atoms with Crippen molar-refractivity contribution >= 4 is 11.8 Å². The molecular weight excluding hydrogens is 438 g/mol. The third-order valence-corrected chi connectivity index (χ3v) is 6.04. The lowest BCUT2D eigenvalue weighted by Gasteiger charge is -2.23. The van der Waals surface area contributed by atoms with Crippen molar-refractivity contribution in [3.8, 4) is 11.8 Å². The van der Waals surface area contributed by atoms with Crippen LogP contribution in [-0.2, 0) is 13.1 Å². The van der Waals surface area contributed by atoms with Crippen molar-refractivity contribution in [3.63, 3.8) is 0 Å². The van der Waals surface area contributed by atoms with Gasteiger partial charge in [-0.1, -0.05) is 30.3 Å². The Morgan fingerprint density at radius 2 is 1.94 bits per heavy atom. The second-order valence-corrected chi connectivity index (χ2v) is 8.93. The monoisotopic (exact) mass is 465 g/mol. The molecule has 178 valence electrons. The Morgan fingerprint density at radius 3 is 2.68 bits per heavy atom. The lowest BCUT2D eigenvalue weighted by molar-refractivity contribution is -0.389. The number of anilines is 1. The Bertz CT molecular complexity index is 1110. The van der Waals surface area contributed by atoms with E-state index in [1.807, 2.05) is 13.0 Å². The molecule has 11 nitrogen and oxygen atoms in total. The van der Waals surface area contributed by atoms with Gasteiger partial charge < -0.3 is 24.5 Å². The summed E-state index contributed by atoms with van der Waals surface area (Å²) in [6.07, 6.45) is 5.78. The average molecular weight is 466 g/mol. The Hall–Kier alpha value is -3.73. The fourth-order valence-corrected chi connectivity index (χ4v) is 4.31. The molecule has 2 aliphatic rings. The van der Waals surface area contributed by atoms with Gasteiger partial charge in [0.15, 0.2) is 11.4 Å². The predicted octanol–water partition coefficient (Wildman–Crippen LogP) is 2.52. The molecule has 5 rings (SSSR count). The molecular formula is C23H27N7O4. The quantitative estimate of drug-likeness (QED) is 0.384. The largest absolute Gasteiger partial charge is 0.486 e. The molecule has 34 heavy (non-hydrogen) atoms. The van der Waals surface area contributed by atoms with E-state index < -0.39 is 10.5 Å². The second kappa shape index (κ2) is 9.26. The standard InChI is InChI=1S/C23H27N7O4/c1-23(16-29-15-20(30(31)32)26-22(29)34-23)17-33-19-12-24-21(25-13-19)28-9-5-8-27(10-11-28)14-18-6-3-2-4-7-18/h2-4,6-7,12-13,15H,5,8-11,14,16-17H2,1H3/t23-/m1/s1. The number of imidazole rings is 1. The molecule has 11 heteroatoms. The van der Waals surface area contributed by atoms with Crippen LogP contribution in [0.5, 0.6) is 11.8 Å². The first-order valence-electron chi connectivity index (χ1n) is 11.3. The van der Waals surface area contributed by atoms with Crippen molar-refractivity contribution in [1.82, 2.24) is 24.4 Å². The lowest BCUT2D eigenvalue weighted by atomic mass is 10.1. The molecule has 2 aromatic heterocycles. The zero-order valence-electron chi connectivity index (χ0n) is 19.0. The minimum atomic E-state index is -0.677. The maximum atomic E-state index is 10.9. The third-order valence-electron chi connectivity index (χ3n) is 6.04. The van der Waals surface area contributed by atoms with Gasteiger partial charge in [0, 0.05) is 37.7 Å². The normalized spacial score (nSPS) is 20.4. The molecule has 1 atom stereocenters. The van der Waals surface area contributed by atoms with Gasteiger partial charge in [-0.15, -0.1) is 0 Å². The highest BCUT2D eigenvalue weighted by molar-refractivity contribution is 5.32. The van der Waals surface area contributed by atoms with Crippen LogP contribution in [0.25, 0.3) is 0 Å². The number of ether oxygens (including phenoxy) is 2. The summed E-state index contributed by atoms with van der Waals surface area (Å²) in [5.41, 5.74) is 0.652. The summed E-state index contributed by atoms with van der Waals surface area (Å²) in [7, 11) is 0. The van der Waals surface area contributed by atoms with Crippen LogP contribution in [0.3, 0.4) is 0 Å². The molecule has 0 aliphatic carbocycles. The Morgan fingerprint density at radius 1 is 1.15 bits per heavy atom. The second-order valence-electron chi connectivity index (χ2n) is 8.93. The van der Waals surface area contributed by atoms with E-state index in [0.717, 1.165) is 39.1 Å². The number of fused-ring (bicyclic) bond motifs is 1. The molecule has 0 bridgehead atoms. The zero-order valence-corrected chi connectivity index (χ0v) is 19.0. The van der Waals surface area contributed by atoms with Gasteiger partial charge in [-0.2, -0.15) is 0 Å². The van der Waals surface area contributed by atoms with Gasteiger partial charge in [-0.25, -0.2) is 9.97 Å². The van der Waals surface area contributed by atoms with Crippen molar-refractivity contribution in [2.45, 2.75) is 32.0 Å². The molecule has 0 radical (unpaired) electrons. The number of nitrogens with zero attached hydrogens (tertiary/aromatic N) is 7. The van der Waals surface area contributed by atoms with Gasteiger partial charge in [0.2, 0.25) is 5.95 Å². The molecule has 4 heterocycles. The van der Waals surface area contributed by atoms with E-state index in [0.29, 0.717) is 18.2 Å². The summed E-state index contributed by atoms with van der Waals surface area (Å²) < 4.78 is 13.3. The molecule has 0 unspecified atom stereocenters. The number of aromatic nitrogens is 4. The van der Waals surface area contributed by atoms with Crippen molar-refractivity contribution in [3.05, 3.63) is 64.6 Å². The van der Waals surface area contributed by atoms with Gasteiger partial charge in [-0.05, 0) is 23.8 Å². The fraction of sp³-hybridized carbons (Fsp3) is 0.435. The maximum Gasteiger partial charge on any atom is 0.415 e. The summed E-state index contributed by atoms with van der Waals surface area (Å²) in [5, 5.41) is 10.9. The summed E-state index contributed by atoms with van der Waals surface area (Å²) in [5.74, 6) is 1.02. The van der Waals surface area contributed by atoms with Crippen LogP contribution in [0.15, 0.2) is 48.9 Å². The Balaban J connectivity index is 1.13. The minimum absolute atomic E-state index is 0.223. The van der Waals surface area contributed by atoms with Crippen molar-refractivity contribution < 1.29 is 14.4 Å². The molecule has 0 amide bonds. The van der Waals surface area contributed by atoms with Crippen LogP contribution in [0.4, 0.5) is 11.8 Å². The van der Waals surface area contributed by atoms with Crippen molar-refractivity contribution in [2.75, 3.05) is 37.7 Å². The number of rotatable bonds is 7. The van der Waals surface area contributed by atoms with Gasteiger partial charge in [0.05, 0.1) is 18.9 Å². The lowest BCUT2D eigenvalue weighted by Crippen LogP contribution is -2.38. The first kappa shape index (κ1) is 22.1.